The summed E-state index contributed by atoms with van der Waals surface area (Å²) in [5.41, 5.74) is 1.36. The van der Waals surface area contributed by atoms with Gasteiger partial charge in [0.2, 0.25) is 5.91 Å². The number of amides is 2. The van der Waals surface area contributed by atoms with Gasteiger partial charge >= 0.3 is 0 Å². The van der Waals surface area contributed by atoms with Gasteiger partial charge in [0.15, 0.2) is 0 Å². The van der Waals surface area contributed by atoms with Crippen LogP contribution in [0.25, 0.3) is 0 Å². The summed E-state index contributed by atoms with van der Waals surface area (Å²) in [5.74, 6) is 0.160. The second kappa shape index (κ2) is 8.28. The van der Waals surface area contributed by atoms with Gasteiger partial charge in [-0.05, 0) is 38.1 Å². The van der Waals surface area contributed by atoms with Crippen LogP contribution in [0.2, 0.25) is 0 Å². The minimum Gasteiger partial charge on any atom is -0.487 e. The summed E-state index contributed by atoms with van der Waals surface area (Å²) in [4.78, 5) is 27.5. The monoisotopic (exact) mass is 333 g/mol. The third-order valence-electron chi connectivity index (χ3n) is 2.95. The summed E-state index contributed by atoms with van der Waals surface area (Å²) in [5, 5.41) is 8.14. The van der Waals surface area contributed by atoms with E-state index in [4.69, 9.17) is 4.74 Å². The Morgan fingerprint density at radius 3 is 2.57 bits per heavy atom. The number of benzene rings is 1. The number of carbonyl (C=O) groups is 2. The lowest BCUT2D eigenvalue weighted by Gasteiger charge is -2.07. The van der Waals surface area contributed by atoms with Crippen molar-refractivity contribution in [3.63, 3.8) is 0 Å². The van der Waals surface area contributed by atoms with Crippen LogP contribution in [0.5, 0.6) is 5.75 Å². The first-order valence-corrected chi connectivity index (χ1v) is 8.15. The molecule has 2 amide bonds. The van der Waals surface area contributed by atoms with Gasteiger partial charge in [-0.25, -0.2) is 4.98 Å². The predicted molar refractivity (Wildman–Crippen MR) is 88.6 cm³/mol. The molecule has 1 heterocycles. The standard InChI is InChI=1S/C16H19N3O3S/c1-3-17-15(20)8-18-16(21)12-4-6-14(7-5-12)22-9-13-10-23-11(2)19-13/h4-7,10H,3,8-9H2,1-2H3,(H,17,20)(H,18,21). The molecule has 0 saturated carbocycles. The molecule has 23 heavy (non-hydrogen) atoms. The molecule has 2 rings (SSSR count). The van der Waals surface area contributed by atoms with Crippen molar-refractivity contribution >= 4 is 23.2 Å². The highest BCUT2D eigenvalue weighted by molar-refractivity contribution is 7.09. The van der Waals surface area contributed by atoms with Gasteiger partial charge in [0.1, 0.15) is 12.4 Å². The zero-order chi connectivity index (χ0) is 16.7. The molecule has 0 spiro atoms. The number of aryl methyl sites for hydroxylation is 1. The highest BCUT2D eigenvalue weighted by atomic mass is 32.1. The van der Waals surface area contributed by atoms with Crippen molar-refractivity contribution in [3.05, 3.63) is 45.9 Å². The van der Waals surface area contributed by atoms with Crippen molar-refractivity contribution in [2.75, 3.05) is 13.1 Å². The lowest BCUT2D eigenvalue weighted by Crippen LogP contribution is -2.36. The minimum absolute atomic E-state index is 0.0336. The van der Waals surface area contributed by atoms with E-state index in [2.05, 4.69) is 15.6 Å². The average Bonchev–Trinajstić information content (AvgIpc) is 2.97. The van der Waals surface area contributed by atoms with Crippen LogP contribution in [0.4, 0.5) is 0 Å². The first-order valence-electron chi connectivity index (χ1n) is 7.27. The molecule has 0 unspecified atom stereocenters. The molecule has 7 heteroatoms. The number of likely N-dealkylation sites (N-methyl/N-ethyl adjacent to an activating group) is 1. The summed E-state index contributed by atoms with van der Waals surface area (Å²) in [7, 11) is 0. The number of hydrogen-bond acceptors (Lipinski definition) is 5. The topological polar surface area (TPSA) is 80.3 Å². The van der Waals surface area contributed by atoms with Crippen LogP contribution in [-0.2, 0) is 11.4 Å². The van der Waals surface area contributed by atoms with Gasteiger partial charge in [-0.2, -0.15) is 0 Å². The van der Waals surface area contributed by atoms with Crippen LogP contribution in [0.3, 0.4) is 0 Å². The minimum atomic E-state index is -0.294. The molecule has 0 atom stereocenters. The number of nitrogens with one attached hydrogen (secondary N) is 2. The predicted octanol–water partition coefficient (Wildman–Crippen LogP) is 1.90. The molecule has 122 valence electrons. The normalized spacial score (nSPS) is 10.2. The van der Waals surface area contributed by atoms with Crippen LogP contribution in [0.15, 0.2) is 29.6 Å². The SMILES string of the molecule is CCNC(=O)CNC(=O)c1ccc(OCc2csc(C)n2)cc1. The van der Waals surface area contributed by atoms with E-state index in [0.717, 1.165) is 10.7 Å². The van der Waals surface area contributed by atoms with E-state index < -0.39 is 0 Å². The maximum Gasteiger partial charge on any atom is 0.251 e. The van der Waals surface area contributed by atoms with E-state index in [1.54, 1.807) is 35.6 Å². The van der Waals surface area contributed by atoms with Crippen molar-refractivity contribution < 1.29 is 14.3 Å². The first kappa shape index (κ1) is 17.0. The molecular formula is C16H19N3O3S. The number of thiazole rings is 1. The smallest absolute Gasteiger partial charge is 0.251 e. The second-order valence-electron chi connectivity index (χ2n) is 4.81. The number of hydrogen-bond donors (Lipinski definition) is 2. The maximum atomic E-state index is 11.9. The van der Waals surface area contributed by atoms with E-state index in [1.807, 2.05) is 19.2 Å². The van der Waals surface area contributed by atoms with Gasteiger partial charge < -0.3 is 15.4 Å². The Labute approximate surface area is 138 Å². The molecule has 0 fully saturated rings. The van der Waals surface area contributed by atoms with Crippen molar-refractivity contribution in [3.8, 4) is 5.75 Å². The zero-order valence-electron chi connectivity index (χ0n) is 13.1. The number of rotatable bonds is 7. The Morgan fingerprint density at radius 2 is 1.96 bits per heavy atom. The molecule has 0 bridgehead atoms. The third-order valence-corrected chi connectivity index (χ3v) is 3.78. The van der Waals surface area contributed by atoms with E-state index >= 15 is 0 Å². The number of nitrogens with zero attached hydrogens (tertiary/aromatic N) is 1. The largest absolute Gasteiger partial charge is 0.487 e. The molecular weight excluding hydrogens is 314 g/mol. The second-order valence-corrected chi connectivity index (χ2v) is 5.87. The number of aromatic nitrogens is 1. The van der Waals surface area contributed by atoms with Crippen molar-refractivity contribution in [1.29, 1.82) is 0 Å². The molecule has 0 aliphatic rings. The molecule has 6 nitrogen and oxygen atoms in total. The molecule has 2 aromatic rings. The molecule has 0 aliphatic heterocycles. The highest BCUT2D eigenvalue weighted by Crippen LogP contribution is 2.15. The van der Waals surface area contributed by atoms with Crippen molar-refractivity contribution in [1.82, 2.24) is 15.6 Å². The van der Waals surface area contributed by atoms with Gasteiger partial charge in [0.25, 0.3) is 5.91 Å². The van der Waals surface area contributed by atoms with Gasteiger partial charge in [0.05, 0.1) is 17.2 Å². The third kappa shape index (κ3) is 5.37. The molecule has 0 radical (unpaired) electrons. The van der Waals surface area contributed by atoms with E-state index in [1.165, 1.54) is 0 Å². The maximum absolute atomic E-state index is 11.9. The quantitative estimate of drug-likeness (QED) is 0.811. The molecule has 1 aromatic carbocycles. The molecule has 0 saturated heterocycles. The average molecular weight is 333 g/mol. The zero-order valence-corrected chi connectivity index (χ0v) is 13.9. The lowest BCUT2D eigenvalue weighted by molar-refractivity contribution is -0.120. The number of ether oxygens (including phenoxy) is 1. The van der Waals surface area contributed by atoms with Crippen LogP contribution in [0, 0.1) is 6.92 Å². The van der Waals surface area contributed by atoms with Gasteiger partial charge in [0, 0.05) is 17.5 Å². The summed E-state index contributed by atoms with van der Waals surface area (Å²) >= 11 is 1.58. The Bertz CT molecular complexity index is 667. The summed E-state index contributed by atoms with van der Waals surface area (Å²) < 4.78 is 5.62. The summed E-state index contributed by atoms with van der Waals surface area (Å²) in [6, 6.07) is 6.77. The van der Waals surface area contributed by atoms with Crippen molar-refractivity contribution in [2.45, 2.75) is 20.5 Å². The van der Waals surface area contributed by atoms with Gasteiger partial charge in [-0.15, -0.1) is 11.3 Å². The van der Waals surface area contributed by atoms with Crippen molar-refractivity contribution in [2.24, 2.45) is 0 Å². The Morgan fingerprint density at radius 1 is 1.22 bits per heavy atom. The van der Waals surface area contributed by atoms with Gasteiger partial charge in [-0.1, -0.05) is 0 Å². The Hall–Kier alpha value is -2.41. The highest BCUT2D eigenvalue weighted by Gasteiger charge is 2.08. The Balaban J connectivity index is 1.83. The lowest BCUT2D eigenvalue weighted by atomic mass is 10.2. The van der Waals surface area contributed by atoms with E-state index in [0.29, 0.717) is 24.5 Å². The van der Waals surface area contributed by atoms with Crippen LogP contribution >= 0.6 is 11.3 Å². The van der Waals surface area contributed by atoms with E-state index in [-0.39, 0.29) is 18.4 Å². The fourth-order valence-electron chi connectivity index (χ4n) is 1.86. The fraction of sp³-hybridized carbons (Fsp3) is 0.312. The molecule has 1 aromatic heterocycles. The van der Waals surface area contributed by atoms with Gasteiger partial charge in [-0.3, -0.25) is 9.59 Å². The molecule has 2 N–H and O–H groups in total. The summed E-state index contributed by atoms with van der Waals surface area (Å²) in [6.45, 7) is 4.67. The first-order chi connectivity index (χ1) is 11.1. The van der Waals surface area contributed by atoms with E-state index in [9.17, 15) is 9.59 Å². The fourth-order valence-corrected chi connectivity index (χ4v) is 2.45. The van der Waals surface area contributed by atoms with Crippen LogP contribution in [-0.4, -0.2) is 29.9 Å². The number of carbonyl (C=O) groups excluding carboxylic acids is 2. The Kier molecular flexibility index (Phi) is 6.10. The van der Waals surface area contributed by atoms with Crippen LogP contribution < -0.4 is 15.4 Å². The molecule has 0 aliphatic carbocycles. The summed E-state index contributed by atoms with van der Waals surface area (Å²) in [6.07, 6.45) is 0. The van der Waals surface area contributed by atoms with Crippen LogP contribution in [0.1, 0.15) is 28.0 Å².